The molecule has 0 saturated carbocycles. The fourth-order valence-electron chi connectivity index (χ4n) is 3.86. The Morgan fingerprint density at radius 2 is 2.00 bits per heavy atom. The molecule has 3 aromatic rings. The normalized spacial score (nSPS) is 15.5. The first-order chi connectivity index (χ1) is 13.5. The summed E-state index contributed by atoms with van der Waals surface area (Å²) >= 11 is 0. The van der Waals surface area contributed by atoms with Gasteiger partial charge in [-0.25, -0.2) is 4.98 Å². The van der Waals surface area contributed by atoms with Gasteiger partial charge in [-0.05, 0) is 48.9 Å². The molecule has 1 amide bonds. The molecular formula is C22H26N4O2. The highest BCUT2D eigenvalue weighted by Crippen LogP contribution is 2.22. The van der Waals surface area contributed by atoms with Gasteiger partial charge in [0, 0.05) is 48.4 Å². The lowest BCUT2D eigenvalue weighted by Gasteiger charge is -2.32. The molecule has 1 N–H and O–H groups in total. The number of benzene rings is 1. The number of amides is 1. The molecule has 0 radical (unpaired) electrons. The third-order valence-electron chi connectivity index (χ3n) is 5.65. The van der Waals surface area contributed by atoms with E-state index in [9.17, 15) is 9.59 Å². The second kappa shape index (κ2) is 7.62. The maximum atomic E-state index is 12.8. The third kappa shape index (κ3) is 3.72. The third-order valence-corrected chi connectivity index (χ3v) is 5.65. The van der Waals surface area contributed by atoms with Gasteiger partial charge in [0.25, 0.3) is 11.5 Å². The first-order valence-electron chi connectivity index (χ1n) is 9.94. The number of carbonyl (C=O) groups is 1. The molecule has 1 aliphatic rings. The highest BCUT2D eigenvalue weighted by molar-refractivity contribution is 5.98. The number of hydrogen-bond acceptors (Lipinski definition) is 3. The summed E-state index contributed by atoms with van der Waals surface area (Å²) in [5.74, 6) is 0.726. The lowest BCUT2D eigenvalue weighted by molar-refractivity contribution is 0.0682. The molecular weight excluding hydrogens is 352 g/mol. The molecule has 6 heteroatoms. The summed E-state index contributed by atoms with van der Waals surface area (Å²) in [6, 6.07) is 9.40. The number of aromatic nitrogens is 3. The fourth-order valence-corrected chi connectivity index (χ4v) is 3.86. The van der Waals surface area contributed by atoms with Gasteiger partial charge in [0.1, 0.15) is 0 Å². The SMILES string of the molecule is CC(C)c1cc(=O)n(CC2CCN(C(=O)c3ccc4[nH]ccc4c3)CC2)cn1. The number of rotatable bonds is 4. The lowest BCUT2D eigenvalue weighted by atomic mass is 9.96. The predicted molar refractivity (Wildman–Crippen MR) is 110 cm³/mol. The number of likely N-dealkylation sites (tertiary alicyclic amines) is 1. The van der Waals surface area contributed by atoms with E-state index in [0.717, 1.165) is 48.1 Å². The zero-order valence-corrected chi connectivity index (χ0v) is 16.4. The molecule has 0 atom stereocenters. The molecule has 0 aliphatic carbocycles. The van der Waals surface area contributed by atoms with Crippen molar-refractivity contribution in [2.24, 2.45) is 5.92 Å². The van der Waals surface area contributed by atoms with Gasteiger partial charge in [0.2, 0.25) is 0 Å². The van der Waals surface area contributed by atoms with Crippen molar-refractivity contribution in [1.29, 1.82) is 0 Å². The van der Waals surface area contributed by atoms with Gasteiger partial charge in [-0.3, -0.25) is 14.2 Å². The van der Waals surface area contributed by atoms with Crippen LogP contribution < -0.4 is 5.56 Å². The van der Waals surface area contributed by atoms with Crippen molar-refractivity contribution >= 4 is 16.8 Å². The zero-order valence-electron chi connectivity index (χ0n) is 16.4. The Bertz CT molecular complexity index is 1040. The Labute approximate surface area is 164 Å². The van der Waals surface area contributed by atoms with E-state index >= 15 is 0 Å². The second-order valence-electron chi connectivity index (χ2n) is 7.97. The molecule has 0 bridgehead atoms. The summed E-state index contributed by atoms with van der Waals surface area (Å²) in [7, 11) is 0. The van der Waals surface area contributed by atoms with Crippen molar-refractivity contribution in [1.82, 2.24) is 19.4 Å². The Morgan fingerprint density at radius 3 is 2.71 bits per heavy atom. The Hall–Kier alpha value is -2.89. The summed E-state index contributed by atoms with van der Waals surface area (Å²) in [4.78, 5) is 34.6. The van der Waals surface area contributed by atoms with E-state index in [2.05, 4.69) is 9.97 Å². The molecule has 0 spiro atoms. The molecule has 6 nitrogen and oxygen atoms in total. The topological polar surface area (TPSA) is 71.0 Å². The van der Waals surface area contributed by atoms with Crippen LogP contribution in [-0.2, 0) is 6.54 Å². The Morgan fingerprint density at radius 1 is 1.21 bits per heavy atom. The summed E-state index contributed by atoms with van der Waals surface area (Å²) in [5.41, 5.74) is 2.62. The van der Waals surface area contributed by atoms with Crippen molar-refractivity contribution in [3.8, 4) is 0 Å². The molecule has 28 heavy (non-hydrogen) atoms. The largest absolute Gasteiger partial charge is 0.361 e. The average Bonchev–Trinajstić information content (AvgIpc) is 3.17. The number of nitrogens with one attached hydrogen (secondary N) is 1. The lowest BCUT2D eigenvalue weighted by Crippen LogP contribution is -2.40. The van der Waals surface area contributed by atoms with E-state index in [-0.39, 0.29) is 17.4 Å². The van der Waals surface area contributed by atoms with Crippen molar-refractivity contribution in [2.45, 2.75) is 39.2 Å². The monoisotopic (exact) mass is 378 g/mol. The van der Waals surface area contributed by atoms with Crippen LogP contribution in [0.5, 0.6) is 0 Å². The average molecular weight is 378 g/mol. The molecule has 1 aliphatic heterocycles. The van der Waals surface area contributed by atoms with Gasteiger partial charge in [-0.15, -0.1) is 0 Å². The van der Waals surface area contributed by atoms with Gasteiger partial charge in [-0.1, -0.05) is 13.8 Å². The number of piperidine rings is 1. The van der Waals surface area contributed by atoms with E-state index < -0.39 is 0 Å². The first kappa shape index (κ1) is 18.5. The highest BCUT2D eigenvalue weighted by atomic mass is 16.2. The van der Waals surface area contributed by atoms with Gasteiger partial charge in [0.05, 0.1) is 12.0 Å². The highest BCUT2D eigenvalue weighted by Gasteiger charge is 2.24. The van der Waals surface area contributed by atoms with Crippen molar-refractivity contribution < 1.29 is 4.79 Å². The summed E-state index contributed by atoms with van der Waals surface area (Å²) in [6.07, 6.45) is 5.35. The van der Waals surface area contributed by atoms with E-state index in [4.69, 9.17) is 0 Å². The van der Waals surface area contributed by atoms with Crippen molar-refractivity contribution in [3.05, 3.63) is 64.5 Å². The smallest absolute Gasteiger partial charge is 0.253 e. The molecule has 4 rings (SSSR count). The molecule has 2 aromatic heterocycles. The van der Waals surface area contributed by atoms with Crippen LogP contribution in [0.15, 0.2) is 47.7 Å². The van der Waals surface area contributed by atoms with Crippen molar-refractivity contribution in [3.63, 3.8) is 0 Å². The number of nitrogens with zero attached hydrogens (tertiary/aromatic N) is 3. The second-order valence-corrected chi connectivity index (χ2v) is 7.97. The summed E-state index contributed by atoms with van der Waals surface area (Å²) in [5, 5.41) is 1.05. The number of hydrogen-bond donors (Lipinski definition) is 1. The van der Waals surface area contributed by atoms with E-state index in [1.54, 1.807) is 17.0 Å². The molecule has 0 unspecified atom stereocenters. The standard InChI is InChI=1S/C22H26N4O2/c1-15(2)20-12-21(27)26(14-24-20)13-16-6-9-25(10-7-16)22(28)18-3-4-19-17(11-18)5-8-23-19/h3-5,8,11-12,14-16,23H,6-7,9-10,13H2,1-2H3. The molecule has 1 saturated heterocycles. The fraction of sp³-hybridized carbons (Fsp3) is 0.409. The Kier molecular flexibility index (Phi) is 5.03. The van der Waals surface area contributed by atoms with Gasteiger partial charge in [-0.2, -0.15) is 0 Å². The van der Waals surface area contributed by atoms with Gasteiger partial charge in [0.15, 0.2) is 0 Å². The molecule has 1 fully saturated rings. The molecule has 3 heterocycles. The van der Waals surface area contributed by atoms with Crippen molar-refractivity contribution in [2.75, 3.05) is 13.1 Å². The van der Waals surface area contributed by atoms with Crippen LogP contribution in [0.3, 0.4) is 0 Å². The maximum Gasteiger partial charge on any atom is 0.253 e. The predicted octanol–water partition coefficient (Wildman–Crippen LogP) is 3.40. The summed E-state index contributed by atoms with van der Waals surface area (Å²) in [6.45, 7) is 6.18. The number of carbonyl (C=O) groups excluding carboxylic acids is 1. The minimum Gasteiger partial charge on any atom is -0.361 e. The van der Waals surface area contributed by atoms with E-state index in [1.807, 2.05) is 49.2 Å². The summed E-state index contributed by atoms with van der Waals surface area (Å²) < 4.78 is 1.70. The minimum absolute atomic E-state index is 0.0111. The van der Waals surface area contributed by atoms with Crippen LogP contribution >= 0.6 is 0 Å². The number of H-pyrrole nitrogens is 1. The van der Waals surface area contributed by atoms with E-state index in [1.165, 1.54) is 0 Å². The number of fused-ring (bicyclic) bond motifs is 1. The van der Waals surface area contributed by atoms with Crippen LogP contribution in [0.1, 0.15) is 48.7 Å². The van der Waals surface area contributed by atoms with Crippen LogP contribution in [0.4, 0.5) is 0 Å². The van der Waals surface area contributed by atoms with Gasteiger partial charge >= 0.3 is 0 Å². The molecule has 1 aromatic carbocycles. The minimum atomic E-state index is 0.0111. The maximum absolute atomic E-state index is 12.8. The van der Waals surface area contributed by atoms with Crippen LogP contribution in [0.2, 0.25) is 0 Å². The van der Waals surface area contributed by atoms with Crippen LogP contribution in [0, 0.1) is 5.92 Å². The van der Waals surface area contributed by atoms with Gasteiger partial charge < -0.3 is 9.88 Å². The first-order valence-corrected chi connectivity index (χ1v) is 9.94. The Balaban J connectivity index is 1.38. The zero-order chi connectivity index (χ0) is 19.7. The van der Waals surface area contributed by atoms with E-state index in [0.29, 0.717) is 12.5 Å². The number of aromatic amines is 1. The van der Waals surface area contributed by atoms with Crippen LogP contribution in [0.25, 0.3) is 10.9 Å². The quantitative estimate of drug-likeness (QED) is 0.756. The van der Waals surface area contributed by atoms with Crippen LogP contribution in [-0.4, -0.2) is 38.4 Å². The molecule has 146 valence electrons.